The highest BCUT2D eigenvalue weighted by molar-refractivity contribution is 6.04. The van der Waals surface area contributed by atoms with Gasteiger partial charge in [-0.25, -0.2) is 0 Å². The van der Waals surface area contributed by atoms with E-state index in [1.54, 1.807) is 6.07 Å². The lowest BCUT2D eigenvalue weighted by Gasteiger charge is -2.38. The first-order valence-corrected chi connectivity index (χ1v) is 15.8. The normalized spacial score (nSPS) is 16.0. The van der Waals surface area contributed by atoms with Gasteiger partial charge in [0.1, 0.15) is 0 Å². The SMILES string of the molecule is Cc1cn(CCN2CCN(c3c(C(=O)NCCCN4CCCC4)cc(C#N)cc3-c3ccccc3)CC2)c2ccccc12. The number of nitrogens with zero attached hydrogens (tertiary/aromatic N) is 5. The summed E-state index contributed by atoms with van der Waals surface area (Å²) in [5.74, 6) is -0.0945. The van der Waals surface area contributed by atoms with Crippen LogP contribution in [-0.4, -0.2) is 79.2 Å². The molecular formula is C36H42N6O. The molecular weight excluding hydrogens is 532 g/mol. The Morgan fingerprint density at radius 2 is 1.58 bits per heavy atom. The van der Waals surface area contributed by atoms with Crippen molar-refractivity contribution in [3.63, 3.8) is 0 Å². The molecule has 3 heterocycles. The van der Waals surface area contributed by atoms with Crippen LogP contribution in [0, 0.1) is 18.3 Å². The minimum atomic E-state index is -0.0945. The minimum absolute atomic E-state index is 0.0945. The Balaban J connectivity index is 1.19. The van der Waals surface area contributed by atoms with Gasteiger partial charge in [-0.05, 0) is 75.1 Å². The first-order chi connectivity index (χ1) is 21.1. The average Bonchev–Trinajstić information content (AvgIpc) is 3.70. The summed E-state index contributed by atoms with van der Waals surface area (Å²) in [6.07, 6.45) is 5.74. The number of para-hydroxylation sites is 1. The Morgan fingerprint density at radius 1 is 0.860 bits per heavy atom. The number of carbonyl (C=O) groups is 1. The maximum atomic E-state index is 13.7. The Kier molecular flexibility index (Phi) is 9.07. The number of aryl methyl sites for hydroxylation is 1. The number of fused-ring (bicyclic) bond motifs is 1. The highest BCUT2D eigenvalue weighted by Crippen LogP contribution is 2.36. The zero-order valence-electron chi connectivity index (χ0n) is 25.3. The Morgan fingerprint density at radius 3 is 2.35 bits per heavy atom. The number of likely N-dealkylation sites (tertiary alicyclic amines) is 1. The number of benzene rings is 3. The van der Waals surface area contributed by atoms with Gasteiger partial charge in [0.2, 0.25) is 0 Å². The van der Waals surface area contributed by atoms with E-state index >= 15 is 0 Å². The van der Waals surface area contributed by atoms with E-state index < -0.39 is 0 Å². The lowest BCUT2D eigenvalue weighted by Crippen LogP contribution is -2.48. The average molecular weight is 575 g/mol. The predicted molar refractivity (Wildman–Crippen MR) is 175 cm³/mol. The second kappa shape index (κ2) is 13.5. The number of anilines is 1. The number of hydrogen-bond donors (Lipinski definition) is 1. The summed E-state index contributed by atoms with van der Waals surface area (Å²) >= 11 is 0. The fraction of sp³-hybridized carbons (Fsp3) is 0.389. The van der Waals surface area contributed by atoms with Gasteiger partial charge in [0.05, 0.1) is 22.9 Å². The quantitative estimate of drug-likeness (QED) is 0.253. The Labute approximate surface area is 255 Å². The number of aromatic nitrogens is 1. The first kappa shape index (κ1) is 29.0. The van der Waals surface area contributed by atoms with Crippen LogP contribution in [-0.2, 0) is 6.54 Å². The number of nitriles is 1. The molecule has 2 aliphatic heterocycles. The summed E-state index contributed by atoms with van der Waals surface area (Å²) in [7, 11) is 0. The molecule has 0 radical (unpaired) electrons. The molecule has 2 saturated heterocycles. The van der Waals surface area contributed by atoms with E-state index in [2.05, 4.69) is 80.2 Å². The zero-order valence-corrected chi connectivity index (χ0v) is 25.3. The molecule has 6 rings (SSSR count). The van der Waals surface area contributed by atoms with E-state index in [9.17, 15) is 10.1 Å². The summed E-state index contributed by atoms with van der Waals surface area (Å²) < 4.78 is 2.37. The number of nitrogens with one attached hydrogen (secondary N) is 1. The lowest BCUT2D eigenvalue weighted by atomic mass is 9.95. The molecule has 1 amide bonds. The van der Waals surface area contributed by atoms with Crippen molar-refractivity contribution in [2.75, 3.05) is 63.8 Å². The highest BCUT2D eigenvalue weighted by Gasteiger charge is 2.26. The molecule has 7 nitrogen and oxygen atoms in total. The monoisotopic (exact) mass is 574 g/mol. The second-order valence-electron chi connectivity index (χ2n) is 11.9. The molecule has 0 spiro atoms. The molecule has 222 valence electrons. The van der Waals surface area contributed by atoms with Crippen LogP contribution in [0.2, 0.25) is 0 Å². The molecule has 43 heavy (non-hydrogen) atoms. The van der Waals surface area contributed by atoms with Crippen molar-refractivity contribution in [3.8, 4) is 17.2 Å². The fourth-order valence-corrected chi connectivity index (χ4v) is 6.72. The van der Waals surface area contributed by atoms with Gasteiger partial charge in [0.25, 0.3) is 5.91 Å². The van der Waals surface area contributed by atoms with E-state index in [1.807, 2.05) is 24.3 Å². The number of carbonyl (C=O) groups excluding carboxylic acids is 1. The molecule has 4 aromatic rings. The van der Waals surface area contributed by atoms with Crippen LogP contribution >= 0.6 is 0 Å². The topological polar surface area (TPSA) is 67.5 Å². The molecule has 0 unspecified atom stereocenters. The van der Waals surface area contributed by atoms with Crippen LogP contribution < -0.4 is 10.2 Å². The third-order valence-electron chi connectivity index (χ3n) is 9.04. The minimum Gasteiger partial charge on any atom is -0.368 e. The molecule has 1 aromatic heterocycles. The third-order valence-corrected chi connectivity index (χ3v) is 9.04. The standard InChI is InChI=1S/C36H42N6O/c1-28-27-42(34-13-6-5-12-31(28)34)23-20-40-18-21-41(22-19-40)35-32(30-10-3-2-4-11-30)24-29(26-37)25-33(35)36(43)38-14-9-17-39-15-7-8-16-39/h2-6,10-13,24-25,27H,7-9,14-23H2,1H3,(H,38,43). The number of rotatable bonds is 10. The van der Waals surface area contributed by atoms with Gasteiger partial charge < -0.3 is 19.7 Å². The number of hydrogen-bond acceptors (Lipinski definition) is 5. The van der Waals surface area contributed by atoms with Gasteiger partial charge in [-0.3, -0.25) is 9.69 Å². The summed E-state index contributed by atoms with van der Waals surface area (Å²) in [6.45, 7) is 11.6. The summed E-state index contributed by atoms with van der Waals surface area (Å²) in [4.78, 5) is 21.1. The summed E-state index contributed by atoms with van der Waals surface area (Å²) in [5, 5.41) is 14.4. The number of amides is 1. The van der Waals surface area contributed by atoms with Crippen molar-refractivity contribution < 1.29 is 4.79 Å². The molecule has 2 fully saturated rings. The maximum Gasteiger partial charge on any atom is 0.253 e. The number of piperazine rings is 1. The van der Waals surface area contributed by atoms with Crippen LogP contribution in [0.15, 0.2) is 72.9 Å². The van der Waals surface area contributed by atoms with E-state index in [1.165, 1.54) is 29.3 Å². The molecule has 2 aliphatic rings. The van der Waals surface area contributed by atoms with Gasteiger partial charge in [-0.1, -0.05) is 48.5 Å². The first-order valence-electron chi connectivity index (χ1n) is 15.8. The lowest BCUT2D eigenvalue weighted by molar-refractivity contribution is 0.0952. The van der Waals surface area contributed by atoms with E-state index in [4.69, 9.17) is 0 Å². The van der Waals surface area contributed by atoms with Crippen LogP contribution in [0.25, 0.3) is 22.0 Å². The van der Waals surface area contributed by atoms with E-state index in [0.717, 1.165) is 82.1 Å². The van der Waals surface area contributed by atoms with Crippen LogP contribution in [0.4, 0.5) is 5.69 Å². The highest BCUT2D eigenvalue weighted by atomic mass is 16.1. The van der Waals surface area contributed by atoms with Crippen molar-refractivity contribution in [2.45, 2.75) is 32.7 Å². The van der Waals surface area contributed by atoms with Crippen molar-refractivity contribution >= 4 is 22.5 Å². The van der Waals surface area contributed by atoms with Gasteiger partial charge in [-0.2, -0.15) is 5.26 Å². The summed E-state index contributed by atoms with van der Waals surface area (Å²) in [5.41, 5.74) is 6.63. The Bertz CT molecular complexity index is 1590. The Hall–Kier alpha value is -4.12. The van der Waals surface area contributed by atoms with Crippen LogP contribution in [0.3, 0.4) is 0 Å². The summed E-state index contributed by atoms with van der Waals surface area (Å²) in [6, 6.07) is 24.8. The molecule has 7 heteroatoms. The van der Waals surface area contributed by atoms with Crippen LogP contribution in [0.5, 0.6) is 0 Å². The molecule has 3 aromatic carbocycles. The second-order valence-corrected chi connectivity index (χ2v) is 11.9. The third kappa shape index (κ3) is 6.61. The smallest absolute Gasteiger partial charge is 0.253 e. The molecule has 0 atom stereocenters. The van der Waals surface area contributed by atoms with Gasteiger partial charge >= 0.3 is 0 Å². The largest absolute Gasteiger partial charge is 0.368 e. The van der Waals surface area contributed by atoms with Gasteiger partial charge in [0, 0.05) is 68.5 Å². The van der Waals surface area contributed by atoms with E-state index in [0.29, 0.717) is 17.7 Å². The zero-order chi connectivity index (χ0) is 29.6. The van der Waals surface area contributed by atoms with Crippen molar-refractivity contribution in [3.05, 3.63) is 89.6 Å². The molecule has 1 N–H and O–H groups in total. The fourth-order valence-electron chi connectivity index (χ4n) is 6.72. The van der Waals surface area contributed by atoms with Crippen molar-refractivity contribution in [2.24, 2.45) is 0 Å². The molecule has 0 saturated carbocycles. The van der Waals surface area contributed by atoms with Crippen molar-refractivity contribution in [1.82, 2.24) is 19.7 Å². The van der Waals surface area contributed by atoms with E-state index in [-0.39, 0.29) is 5.91 Å². The van der Waals surface area contributed by atoms with Gasteiger partial charge in [0.15, 0.2) is 0 Å². The van der Waals surface area contributed by atoms with Crippen LogP contribution in [0.1, 0.15) is 40.7 Å². The molecule has 0 bridgehead atoms. The van der Waals surface area contributed by atoms with Crippen molar-refractivity contribution in [1.29, 1.82) is 5.26 Å². The van der Waals surface area contributed by atoms with Gasteiger partial charge in [-0.15, -0.1) is 0 Å². The molecule has 0 aliphatic carbocycles. The predicted octanol–water partition coefficient (Wildman–Crippen LogP) is 5.53. The maximum absolute atomic E-state index is 13.7.